The summed E-state index contributed by atoms with van der Waals surface area (Å²) < 4.78 is 1.94. The number of carbonyl (C=O) groups is 2. The summed E-state index contributed by atoms with van der Waals surface area (Å²) in [7, 11) is 0. The summed E-state index contributed by atoms with van der Waals surface area (Å²) in [4.78, 5) is 26.1. The number of aliphatic carboxylic acids is 1. The van der Waals surface area contributed by atoms with Crippen molar-refractivity contribution in [3.63, 3.8) is 0 Å². The molecule has 3 aromatic rings. The summed E-state index contributed by atoms with van der Waals surface area (Å²) in [6.07, 6.45) is 1.50. The Bertz CT molecular complexity index is 1300. The Morgan fingerprint density at radius 1 is 1.22 bits per heavy atom. The number of nitrogen functional groups attached to an aromatic ring is 1. The number of nitrogens with zero attached hydrogens (tertiary/aromatic N) is 2. The van der Waals surface area contributed by atoms with Gasteiger partial charge in [0.05, 0.1) is 24.3 Å². The number of benzene rings is 2. The SMILES string of the molecule is C[C@H](O)[C@H]1C(=O)N2C(C(=O)O)=C(c3cc(C[n+]4ccccc4N)c4ccccc4c3)C[C@H]12. The van der Waals surface area contributed by atoms with Crippen LogP contribution in [0.3, 0.4) is 0 Å². The number of hydrogen-bond acceptors (Lipinski definition) is 4. The van der Waals surface area contributed by atoms with Crippen LogP contribution in [0.4, 0.5) is 5.82 Å². The maximum atomic E-state index is 12.6. The third kappa shape index (κ3) is 3.05. The number of fused-ring (bicyclic) bond motifs is 2. The third-order valence-electron chi connectivity index (χ3n) is 6.54. The standard InChI is InChI=1S/C25H23N3O4/c1-14(29)22-20-12-19(23(25(31)32)28(20)24(22)30)16-10-15-6-2-3-7-18(15)17(11-16)13-27-9-5-4-8-21(27)26/h2-11,14,20,22,26,29H,12-13H2,1H3,(H,31,32)/p+1/t14-,20+,22+/m0/s1. The number of pyridine rings is 1. The fraction of sp³-hybridized carbons (Fsp3) is 0.240. The molecule has 0 bridgehead atoms. The molecule has 4 N–H and O–H groups in total. The van der Waals surface area contributed by atoms with E-state index in [4.69, 9.17) is 5.73 Å². The maximum Gasteiger partial charge on any atom is 0.352 e. The number of nitrogens with two attached hydrogens (primary N) is 1. The Labute approximate surface area is 185 Å². The van der Waals surface area contributed by atoms with Gasteiger partial charge >= 0.3 is 5.97 Å². The summed E-state index contributed by atoms with van der Waals surface area (Å²) in [5, 5.41) is 22.0. The number of carboxylic acids is 1. The molecule has 162 valence electrons. The van der Waals surface area contributed by atoms with Gasteiger partial charge in [-0.2, -0.15) is 0 Å². The molecule has 32 heavy (non-hydrogen) atoms. The van der Waals surface area contributed by atoms with Crippen LogP contribution in [0.2, 0.25) is 0 Å². The largest absolute Gasteiger partial charge is 0.477 e. The van der Waals surface area contributed by atoms with Crippen LogP contribution in [0.5, 0.6) is 0 Å². The number of aromatic nitrogens is 1. The van der Waals surface area contributed by atoms with Gasteiger partial charge in [0, 0.05) is 11.6 Å². The lowest BCUT2D eigenvalue weighted by atomic mass is 9.82. The monoisotopic (exact) mass is 430 g/mol. The molecular weight excluding hydrogens is 406 g/mol. The van der Waals surface area contributed by atoms with E-state index in [2.05, 4.69) is 0 Å². The highest BCUT2D eigenvalue weighted by Crippen LogP contribution is 2.47. The normalized spacial score (nSPS) is 20.9. The number of β-lactam (4-membered cyclic amide) rings is 1. The van der Waals surface area contributed by atoms with Gasteiger partial charge in [0.25, 0.3) is 5.82 Å². The first-order valence-electron chi connectivity index (χ1n) is 10.6. The van der Waals surface area contributed by atoms with Crippen molar-refractivity contribution < 1.29 is 24.4 Å². The fourth-order valence-corrected chi connectivity index (χ4v) is 5.04. The van der Waals surface area contributed by atoms with Gasteiger partial charge in [0.2, 0.25) is 5.91 Å². The molecule has 3 atom stereocenters. The average Bonchev–Trinajstić information content (AvgIpc) is 3.10. The molecule has 7 heteroatoms. The summed E-state index contributed by atoms with van der Waals surface area (Å²) in [6.45, 7) is 2.10. The number of hydrogen-bond donors (Lipinski definition) is 3. The molecule has 2 aliphatic rings. The quantitative estimate of drug-likeness (QED) is 0.425. The Morgan fingerprint density at radius 2 is 1.97 bits per heavy atom. The highest BCUT2D eigenvalue weighted by atomic mass is 16.4. The molecule has 3 heterocycles. The first-order valence-corrected chi connectivity index (χ1v) is 10.6. The number of aliphatic hydroxyl groups is 1. The summed E-state index contributed by atoms with van der Waals surface area (Å²) in [5.41, 5.74) is 8.57. The Kier molecular flexibility index (Phi) is 4.71. The third-order valence-corrected chi connectivity index (χ3v) is 6.54. The van der Waals surface area contributed by atoms with Crippen molar-refractivity contribution in [1.82, 2.24) is 4.90 Å². The molecule has 1 amide bonds. The van der Waals surface area contributed by atoms with E-state index in [-0.39, 0.29) is 17.6 Å². The van der Waals surface area contributed by atoms with Crippen molar-refractivity contribution in [2.24, 2.45) is 5.92 Å². The number of rotatable bonds is 5. The van der Waals surface area contributed by atoms with Crippen molar-refractivity contribution >= 4 is 34.0 Å². The van der Waals surface area contributed by atoms with E-state index in [9.17, 15) is 19.8 Å². The molecule has 7 nitrogen and oxygen atoms in total. The summed E-state index contributed by atoms with van der Waals surface area (Å²) in [6, 6.07) is 17.2. The average molecular weight is 430 g/mol. The van der Waals surface area contributed by atoms with Crippen molar-refractivity contribution in [1.29, 1.82) is 0 Å². The molecular formula is C25H24N3O4+. The van der Waals surface area contributed by atoms with Crippen LogP contribution in [0.1, 0.15) is 24.5 Å². The van der Waals surface area contributed by atoms with Gasteiger partial charge in [0.1, 0.15) is 12.2 Å². The number of amides is 1. The Balaban J connectivity index is 1.64. The lowest BCUT2D eigenvalue weighted by Gasteiger charge is -2.44. The zero-order chi connectivity index (χ0) is 22.6. The van der Waals surface area contributed by atoms with Gasteiger partial charge in [-0.05, 0) is 53.5 Å². The minimum atomic E-state index is -1.13. The molecule has 0 radical (unpaired) electrons. The van der Waals surface area contributed by atoms with Gasteiger partial charge in [-0.15, -0.1) is 0 Å². The van der Waals surface area contributed by atoms with Crippen LogP contribution in [0.15, 0.2) is 66.5 Å². The van der Waals surface area contributed by atoms with E-state index in [1.807, 2.05) is 65.4 Å². The van der Waals surface area contributed by atoms with E-state index < -0.39 is 18.0 Å². The van der Waals surface area contributed by atoms with Gasteiger partial charge in [0.15, 0.2) is 0 Å². The molecule has 5 rings (SSSR count). The molecule has 1 fully saturated rings. The van der Waals surface area contributed by atoms with E-state index in [1.165, 1.54) is 4.90 Å². The lowest BCUT2D eigenvalue weighted by Crippen LogP contribution is -2.61. The minimum absolute atomic E-state index is 0.0185. The van der Waals surface area contributed by atoms with Crippen molar-refractivity contribution in [2.45, 2.75) is 32.0 Å². The van der Waals surface area contributed by atoms with Crippen LogP contribution >= 0.6 is 0 Å². The second kappa shape index (κ2) is 7.46. The Morgan fingerprint density at radius 3 is 2.69 bits per heavy atom. The van der Waals surface area contributed by atoms with Crippen LogP contribution in [-0.2, 0) is 16.1 Å². The van der Waals surface area contributed by atoms with E-state index in [1.54, 1.807) is 6.92 Å². The molecule has 2 aromatic carbocycles. The summed E-state index contributed by atoms with van der Waals surface area (Å²) >= 11 is 0. The molecule has 0 aliphatic carbocycles. The first kappa shape index (κ1) is 20.2. The van der Waals surface area contributed by atoms with E-state index in [0.717, 1.165) is 21.9 Å². The van der Waals surface area contributed by atoms with E-state index in [0.29, 0.717) is 24.4 Å². The molecule has 1 aromatic heterocycles. The van der Waals surface area contributed by atoms with Crippen LogP contribution in [-0.4, -0.2) is 39.1 Å². The fourth-order valence-electron chi connectivity index (χ4n) is 5.04. The predicted octanol–water partition coefficient (Wildman–Crippen LogP) is 2.16. The summed E-state index contributed by atoms with van der Waals surface area (Å²) in [5.74, 6) is -1.40. The van der Waals surface area contributed by atoms with Crippen molar-refractivity contribution in [3.05, 3.63) is 77.6 Å². The van der Waals surface area contributed by atoms with Gasteiger partial charge in [-0.1, -0.05) is 30.3 Å². The van der Waals surface area contributed by atoms with Crippen LogP contribution < -0.4 is 10.3 Å². The van der Waals surface area contributed by atoms with Crippen molar-refractivity contribution in [3.8, 4) is 0 Å². The number of aliphatic hydroxyl groups excluding tert-OH is 1. The van der Waals surface area contributed by atoms with Gasteiger partial charge in [-0.3, -0.25) is 10.5 Å². The van der Waals surface area contributed by atoms with Gasteiger partial charge < -0.3 is 15.1 Å². The van der Waals surface area contributed by atoms with Gasteiger partial charge in [-0.25, -0.2) is 9.36 Å². The predicted molar refractivity (Wildman–Crippen MR) is 119 cm³/mol. The molecule has 2 aliphatic heterocycles. The zero-order valence-electron chi connectivity index (χ0n) is 17.6. The van der Waals surface area contributed by atoms with Crippen LogP contribution in [0, 0.1) is 5.92 Å². The smallest absolute Gasteiger partial charge is 0.352 e. The van der Waals surface area contributed by atoms with E-state index >= 15 is 0 Å². The highest BCUT2D eigenvalue weighted by Gasteiger charge is 2.56. The molecule has 0 unspecified atom stereocenters. The Hall–Kier alpha value is -3.71. The number of anilines is 1. The van der Waals surface area contributed by atoms with Crippen LogP contribution in [0.25, 0.3) is 16.3 Å². The molecule has 0 saturated carbocycles. The minimum Gasteiger partial charge on any atom is -0.477 e. The second-order valence-electron chi connectivity index (χ2n) is 8.49. The first-order chi connectivity index (χ1) is 15.4. The highest BCUT2D eigenvalue weighted by molar-refractivity contribution is 6.06. The number of carboxylic acid groups (broad SMARTS) is 1. The topological polar surface area (TPSA) is 108 Å². The lowest BCUT2D eigenvalue weighted by molar-refractivity contribution is -0.673. The molecule has 0 spiro atoms. The van der Waals surface area contributed by atoms with Crippen molar-refractivity contribution in [2.75, 3.05) is 5.73 Å². The second-order valence-corrected chi connectivity index (χ2v) is 8.49. The number of carbonyl (C=O) groups excluding carboxylic acids is 1. The zero-order valence-corrected chi connectivity index (χ0v) is 17.6. The molecule has 1 saturated heterocycles. The maximum absolute atomic E-state index is 12.6.